The van der Waals surface area contributed by atoms with Crippen molar-refractivity contribution in [1.82, 2.24) is 9.55 Å². The average molecular weight is 228 g/mol. The van der Waals surface area contributed by atoms with Crippen LogP contribution in [0.25, 0.3) is 0 Å². The van der Waals surface area contributed by atoms with Crippen molar-refractivity contribution < 1.29 is 4.79 Å². The summed E-state index contributed by atoms with van der Waals surface area (Å²) in [5, 5.41) is 0. The zero-order valence-corrected chi connectivity index (χ0v) is 10.3. The summed E-state index contributed by atoms with van der Waals surface area (Å²) < 4.78 is 1.48. The Hall–Kier alpha value is -1.90. The second-order valence-corrected chi connectivity index (χ2v) is 5.10. The number of nitrogens with zero attached hydrogens (tertiary/aromatic N) is 2. The van der Waals surface area contributed by atoms with Crippen molar-refractivity contribution in [1.29, 1.82) is 0 Å². The summed E-state index contributed by atoms with van der Waals surface area (Å²) in [6, 6.07) is 7.74. The van der Waals surface area contributed by atoms with Crippen LogP contribution in [0.5, 0.6) is 0 Å². The van der Waals surface area contributed by atoms with Crippen molar-refractivity contribution in [2.24, 2.45) is 0 Å². The Balaban J connectivity index is 2.28. The minimum atomic E-state index is -0.0528. The van der Waals surface area contributed by atoms with Crippen LogP contribution in [0.15, 0.2) is 43.0 Å². The van der Waals surface area contributed by atoms with Gasteiger partial charge in [-0.05, 0) is 23.1 Å². The third kappa shape index (κ3) is 2.44. The molecule has 0 amide bonds. The minimum absolute atomic E-state index is 0.0528. The lowest BCUT2D eigenvalue weighted by Gasteiger charge is -2.18. The minimum Gasteiger partial charge on any atom is -0.272 e. The zero-order valence-electron chi connectivity index (χ0n) is 10.3. The summed E-state index contributed by atoms with van der Waals surface area (Å²) in [7, 11) is 0. The molecular formula is C14H16N2O. The second kappa shape index (κ2) is 4.17. The van der Waals surface area contributed by atoms with Gasteiger partial charge in [-0.3, -0.25) is 9.36 Å². The first-order valence-corrected chi connectivity index (χ1v) is 5.62. The fourth-order valence-electron chi connectivity index (χ4n) is 1.64. The molecule has 0 bridgehead atoms. The predicted molar refractivity (Wildman–Crippen MR) is 67.1 cm³/mol. The van der Waals surface area contributed by atoms with Crippen molar-refractivity contribution in [3.05, 3.63) is 54.1 Å². The molecule has 3 nitrogen and oxygen atoms in total. The maximum absolute atomic E-state index is 12.0. The highest BCUT2D eigenvalue weighted by Crippen LogP contribution is 2.22. The van der Waals surface area contributed by atoms with Gasteiger partial charge in [0.15, 0.2) is 0 Å². The van der Waals surface area contributed by atoms with Gasteiger partial charge in [-0.15, -0.1) is 0 Å². The topological polar surface area (TPSA) is 34.9 Å². The molecule has 3 heteroatoms. The molecule has 17 heavy (non-hydrogen) atoms. The molecular weight excluding hydrogens is 212 g/mol. The fraction of sp³-hybridized carbons (Fsp3) is 0.286. The molecule has 0 aliphatic rings. The molecule has 0 unspecified atom stereocenters. The van der Waals surface area contributed by atoms with Crippen LogP contribution in [0.1, 0.15) is 36.7 Å². The SMILES string of the molecule is CC(C)(C)c1ccc(C(=O)n2ccnc2)cc1. The van der Waals surface area contributed by atoms with Gasteiger partial charge in [0.25, 0.3) is 5.91 Å². The lowest BCUT2D eigenvalue weighted by Crippen LogP contribution is -2.13. The lowest BCUT2D eigenvalue weighted by molar-refractivity contribution is 0.0959. The van der Waals surface area contributed by atoms with Crippen LogP contribution in [0.4, 0.5) is 0 Å². The van der Waals surface area contributed by atoms with E-state index < -0.39 is 0 Å². The molecule has 1 aromatic carbocycles. The van der Waals surface area contributed by atoms with Crippen molar-refractivity contribution in [2.45, 2.75) is 26.2 Å². The van der Waals surface area contributed by atoms with Crippen LogP contribution < -0.4 is 0 Å². The second-order valence-electron chi connectivity index (χ2n) is 5.10. The number of benzene rings is 1. The number of imidazole rings is 1. The van der Waals surface area contributed by atoms with Crippen molar-refractivity contribution in [3.63, 3.8) is 0 Å². The summed E-state index contributed by atoms with van der Waals surface area (Å²) in [4.78, 5) is 15.9. The third-order valence-corrected chi connectivity index (χ3v) is 2.74. The fourth-order valence-corrected chi connectivity index (χ4v) is 1.64. The van der Waals surface area contributed by atoms with E-state index in [1.165, 1.54) is 16.5 Å². The smallest absolute Gasteiger partial charge is 0.263 e. The van der Waals surface area contributed by atoms with Gasteiger partial charge in [0.2, 0.25) is 0 Å². The maximum atomic E-state index is 12.0. The Morgan fingerprint density at radius 1 is 1.18 bits per heavy atom. The monoisotopic (exact) mass is 228 g/mol. The first-order valence-electron chi connectivity index (χ1n) is 5.62. The van der Waals surface area contributed by atoms with Crippen molar-refractivity contribution in [2.75, 3.05) is 0 Å². The van der Waals surface area contributed by atoms with E-state index >= 15 is 0 Å². The Bertz CT molecular complexity index is 504. The highest BCUT2D eigenvalue weighted by Gasteiger charge is 2.14. The predicted octanol–water partition coefficient (Wildman–Crippen LogP) is 2.87. The van der Waals surface area contributed by atoms with E-state index in [4.69, 9.17) is 0 Å². The first kappa shape index (κ1) is 11.6. The van der Waals surface area contributed by atoms with Crippen molar-refractivity contribution >= 4 is 5.91 Å². The normalized spacial score (nSPS) is 11.5. The summed E-state index contributed by atoms with van der Waals surface area (Å²) in [6.45, 7) is 6.46. The summed E-state index contributed by atoms with van der Waals surface area (Å²) in [5.41, 5.74) is 2.01. The van der Waals surface area contributed by atoms with E-state index in [9.17, 15) is 4.79 Å². The number of aromatic nitrogens is 2. The van der Waals surface area contributed by atoms with Crippen LogP contribution in [0.2, 0.25) is 0 Å². The molecule has 2 rings (SSSR count). The van der Waals surface area contributed by atoms with Gasteiger partial charge in [-0.25, -0.2) is 4.98 Å². The molecule has 0 atom stereocenters. The number of hydrogen-bond donors (Lipinski definition) is 0. The van der Waals surface area contributed by atoms with E-state index in [0.717, 1.165) is 0 Å². The molecule has 0 spiro atoms. The van der Waals surface area contributed by atoms with Gasteiger partial charge >= 0.3 is 0 Å². The molecule has 0 N–H and O–H groups in total. The highest BCUT2D eigenvalue weighted by atomic mass is 16.2. The average Bonchev–Trinajstić information content (AvgIpc) is 2.80. The number of hydrogen-bond acceptors (Lipinski definition) is 2. The molecule has 0 saturated carbocycles. The molecule has 2 aromatic rings. The highest BCUT2D eigenvalue weighted by molar-refractivity contribution is 5.95. The molecule has 1 heterocycles. The van der Waals surface area contributed by atoms with Crippen molar-refractivity contribution in [3.8, 4) is 0 Å². The first-order chi connectivity index (χ1) is 7.98. The number of carbonyl (C=O) groups excluding carboxylic acids is 1. The Kier molecular flexibility index (Phi) is 2.84. The van der Waals surface area contributed by atoms with Gasteiger partial charge < -0.3 is 0 Å². The molecule has 88 valence electrons. The van der Waals surface area contributed by atoms with Crippen LogP contribution in [0.3, 0.4) is 0 Å². The van der Waals surface area contributed by atoms with Gasteiger partial charge in [0.1, 0.15) is 6.33 Å². The summed E-state index contributed by atoms with van der Waals surface area (Å²) >= 11 is 0. The zero-order chi connectivity index (χ0) is 12.5. The van der Waals surface area contributed by atoms with Gasteiger partial charge in [0, 0.05) is 18.0 Å². The number of rotatable bonds is 1. The largest absolute Gasteiger partial charge is 0.272 e. The summed E-state index contributed by atoms with van der Waals surface area (Å²) in [5.74, 6) is -0.0528. The maximum Gasteiger partial charge on any atom is 0.263 e. The third-order valence-electron chi connectivity index (χ3n) is 2.74. The quantitative estimate of drug-likeness (QED) is 0.752. The van der Waals surface area contributed by atoms with Crippen LogP contribution in [0, 0.1) is 0 Å². The van der Waals surface area contributed by atoms with E-state index in [-0.39, 0.29) is 11.3 Å². The molecule has 0 saturated heterocycles. The van der Waals surface area contributed by atoms with Gasteiger partial charge in [-0.1, -0.05) is 32.9 Å². The molecule has 0 fully saturated rings. The molecule has 0 aliphatic carbocycles. The summed E-state index contributed by atoms with van der Waals surface area (Å²) in [6.07, 6.45) is 4.77. The number of carbonyl (C=O) groups is 1. The van der Waals surface area contributed by atoms with E-state index in [1.807, 2.05) is 24.3 Å². The molecule has 0 radical (unpaired) electrons. The lowest BCUT2D eigenvalue weighted by atomic mass is 9.87. The molecule has 0 aliphatic heterocycles. The Labute approximate surface area is 101 Å². The standard InChI is InChI=1S/C14H16N2O/c1-14(2,3)12-6-4-11(5-7-12)13(17)16-9-8-15-10-16/h4-10H,1-3H3. The van der Waals surface area contributed by atoms with Gasteiger partial charge in [0.05, 0.1) is 0 Å². The van der Waals surface area contributed by atoms with E-state index in [0.29, 0.717) is 5.56 Å². The van der Waals surface area contributed by atoms with E-state index in [2.05, 4.69) is 25.8 Å². The van der Waals surface area contributed by atoms with Crippen LogP contribution in [-0.4, -0.2) is 15.5 Å². The van der Waals surface area contributed by atoms with Crippen LogP contribution >= 0.6 is 0 Å². The van der Waals surface area contributed by atoms with Crippen LogP contribution in [-0.2, 0) is 5.41 Å². The Morgan fingerprint density at radius 3 is 2.29 bits per heavy atom. The van der Waals surface area contributed by atoms with E-state index in [1.54, 1.807) is 12.4 Å². The Morgan fingerprint density at radius 2 is 1.82 bits per heavy atom. The molecule has 1 aromatic heterocycles. The van der Waals surface area contributed by atoms with Gasteiger partial charge in [-0.2, -0.15) is 0 Å².